The first-order valence-corrected chi connectivity index (χ1v) is 5.67. The van der Waals surface area contributed by atoms with Crippen LogP contribution in [0.4, 0.5) is 4.39 Å². The third-order valence-electron chi connectivity index (χ3n) is 3.44. The minimum Gasteiger partial charge on any atom is -0.396 e. The van der Waals surface area contributed by atoms with Crippen LogP contribution in [0.25, 0.3) is 0 Å². The molecule has 0 aliphatic heterocycles. The predicted molar refractivity (Wildman–Crippen MR) is 58.2 cm³/mol. The van der Waals surface area contributed by atoms with Gasteiger partial charge in [-0.15, -0.1) is 0 Å². The van der Waals surface area contributed by atoms with Gasteiger partial charge in [0.15, 0.2) is 0 Å². The van der Waals surface area contributed by atoms with Crippen molar-refractivity contribution >= 4 is 0 Å². The number of hydrogen-bond donors (Lipinski definition) is 1. The van der Waals surface area contributed by atoms with Gasteiger partial charge in [0.2, 0.25) is 0 Å². The summed E-state index contributed by atoms with van der Waals surface area (Å²) in [4.78, 5) is 0. The molecule has 0 aromatic heterocycles. The molecule has 0 radical (unpaired) electrons. The lowest BCUT2D eigenvalue weighted by atomic mass is 9.76. The zero-order valence-corrected chi connectivity index (χ0v) is 8.82. The van der Waals surface area contributed by atoms with E-state index in [1.165, 1.54) is 30.5 Å². The summed E-state index contributed by atoms with van der Waals surface area (Å²) in [5.74, 6) is 0.601. The van der Waals surface area contributed by atoms with Gasteiger partial charge < -0.3 is 5.11 Å². The molecule has 1 nitrogen and oxygen atoms in total. The molecule has 2 heteroatoms. The molecule has 0 heterocycles. The normalized spacial score (nSPS) is 26.5. The molecule has 1 aliphatic rings. The summed E-state index contributed by atoms with van der Waals surface area (Å²) in [6.07, 6.45) is 4.65. The van der Waals surface area contributed by atoms with E-state index in [9.17, 15) is 9.50 Å². The number of aliphatic hydroxyl groups excluding tert-OH is 1. The predicted octanol–water partition coefficient (Wildman–Crippen LogP) is 3.09. The van der Waals surface area contributed by atoms with Gasteiger partial charge in [-0.2, -0.15) is 0 Å². The summed E-state index contributed by atoms with van der Waals surface area (Å²) in [6.45, 7) is 0.252. The van der Waals surface area contributed by atoms with Gasteiger partial charge >= 0.3 is 0 Å². The molecule has 1 fully saturated rings. The Balaban J connectivity index is 2.16. The van der Waals surface area contributed by atoms with Crippen LogP contribution in [-0.4, -0.2) is 11.7 Å². The number of aliphatic hydroxyl groups is 1. The molecule has 0 bridgehead atoms. The monoisotopic (exact) mass is 208 g/mol. The highest BCUT2D eigenvalue weighted by Crippen LogP contribution is 2.37. The van der Waals surface area contributed by atoms with Crippen LogP contribution in [0.2, 0.25) is 0 Å². The lowest BCUT2D eigenvalue weighted by Gasteiger charge is -2.30. The summed E-state index contributed by atoms with van der Waals surface area (Å²) >= 11 is 0. The highest BCUT2D eigenvalue weighted by Gasteiger charge is 2.25. The molecule has 1 saturated carbocycles. The number of rotatable bonds is 2. The van der Waals surface area contributed by atoms with E-state index in [4.69, 9.17) is 0 Å². The zero-order valence-electron chi connectivity index (χ0n) is 8.82. The van der Waals surface area contributed by atoms with Gasteiger partial charge in [-0.3, -0.25) is 0 Å². The first-order valence-electron chi connectivity index (χ1n) is 5.67. The SMILES string of the molecule is OC[C@@H]1CCCCC1c1ccc(F)cc1. The largest absolute Gasteiger partial charge is 0.396 e. The maximum Gasteiger partial charge on any atom is 0.123 e. The number of hydrogen-bond acceptors (Lipinski definition) is 1. The maximum atomic E-state index is 12.8. The second-order valence-electron chi connectivity index (χ2n) is 4.39. The van der Waals surface area contributed by atoms with E-state index in [-0.39, 0.29) is 12.4 Å². The lowest BCUT2D eigenvalue weighted by Crippen LogP contribution is -2.20. The molecule has 0 spiro atoms. The Hall–Kier alpha value is -0.890. The van der Waals surface area contributed by atoms with E-state index >= 15 is 0 Å². The van der Waals surface area contributed by atoms with E-state index in [0.717, 1.165) is 12.8 Å². The molecule has 1 aromatic rings. The molecule has 0 amide bonds. The Morgan fingerprint density at radius 3 is 2.47 bits per heavy atom. The molecule has 1 aromatic carbocycles. The first kappa shape index (κ1) is 10.6. The van der Waals surface area contributed by atoms with Crippen LogP contribution in [0.3, 0.4) is 0 Å². The molecule has 1 aliphatic carbocycles. The summed E-state index contributed by atoms with van der Waals surface area (Å²) < 4.78 is 12.8. The van der Waals surface area contributed by atoms with Crippen molar-refractivity contribution in [2.75, 3.05) is 6.61 Å². The fourth-order valence-electron chi connectivity index (χ4n) is 2.57. The van der Waals surface area contributed by atoms with Crippen LogP contribution in [0.1, 0.15) is 37.2 Å². The van der Waals surface area contributed by atoms with Crippen molar-refractivity contribution in [3.63, 3.8) is 0 Å². The number of benzene rings is 1. The fourth-order valence-corrected chi connectivity index (χ4v) is 2.57. The topological polar surface area (TPSA) is 20.2 Å². The smallest absolute Gasteiger partial charge is 0.123 e. The van der Waals surface area contributed by atoms with E-state index in [1.807, 2.05) is 12.1 Å². The molecular formula is C13H17FO. The summed E-state index contributed by atoms with van der Waals surface area (Å²) in [5.41, 5.74) is 1.18. The van der Waals surface area contributed by atoms with E-state index < -0.39 is 0 Å². The van der Waals surface area contributed by atoms with Crippen LogP contribution in [0.15, 0.2) is 24.3 Å². The van der Waals surface area contributed by atoms with Crippen molar-refractivity contribution in [1.29, 1.82) is 0 Å². The van der Waals surface area contributed by atoms with Gasteiger partial charge in [-0.05, 0) is 42.4 Å². The Morgan fingerprint density at radius 2 is 1.80 bits per heavy atom. The van der Waals surface area contributed by atoms with Gasteiger partial charge in [0.25, 0.3) is 0 Å². The van der Waals surface area contributed by atoms with Gasteiger partial charge in [-0.25, -0.2) is 4.39 Å². The second-order valence-corrected chi connectivity index (χ2v) is 4.39. The highest BCUT2D eigenvalue weighted by atomic mass is 19.1. The molecule has 82 valence electrons. The third kappa shape index (κ3) is 2.37. The molecule has 1 N–H and O–H groups in total. The van der Waals surface area contributed by atoms with Gasteiger partial charge in [0.05, 0.1) is 0 Å². The molecule has 0 saturated heterocycles. The Morgan fingerprint density at radius 1 is 1.13 bits per heavy atom. The Labute approximate surface area is 89.9 Å². The first-order chi connectivity index (χ1) is 7.31. The lowest BCUT2D eigenvalue weighted by molar-refractivity contribution is 0.169. The fraction of sp³-hybridized carbons (Fsp3) is 0.538. The Bertz CT molecular complexity index is 307. The van der Waals surface area contributed by atoms with Crippen LogP contribution in [0.5, 0.6) is 0 Å². The van der Waals surface area contributed by atoms with Crippen molar-refractivity contribution in [1.82, 2.24) is 0 Å². The summed E-state index contributed by atoms with van der Waals surface area (Å²) in [7, 11) is 0. The van der Waals surface area contributed by atoms with Crippen LogP contribution < -0.4 is 0 Å². The van der Waals surface area contributed by atoms with Crippen molar-refractivity contribution in [2.24, 2.45) is 5.92 Å². The van der Waals surface area contributed by atoms with Crippen LogP contribution in [0, 0.1) is 11.7 Å². The molecule has 15 heavy (non-hydrogen) atoms. The molecule has 2 atom stereocenters. The second kappa shape index (κ2) is 4.75. The van der Waals surface area contributed by atoms with E-state index in [2.05, 4.69) is 0 Å². The van der Waals surface area contributed by atoms with Crippen LogP contribution >= 0.6 is 0 Å². The minimum atomic E-state index is -0.185. The van der Waals surface area contributed by atoms with Crippen molar-refractivity contribution < 1.29 is 9.50 Å². The average Bonchev–Trinajstić information content (AvgIpc) is 2.30. The Kier molecular flexibility index (Phi) is 3.37. The maximum absolute atomic E-state index is 12.8. The standard InChI is InChI=1S/C13H17FO/c14-12-7-5-10(6-8-12)13-4-2-1-3-11(13)9-15/h5-8,11,13,15H,1-4,9H2/t11-,13?/m0/s1. The van der Waals surface area contributed by atoms with Gasteiger partial charge in [0.1, 0.15) is 5.82 Å². The molecule has 1 unspecified atom stereocenters. The number of halogens is 1. The zero-order chi connectivity index (χ0) is 10.7. The van der Waals surface area contributed by atoms with Gasteiger partial charge in [-0.1, -0.05) is 25.0 Å². The van der Waals surface area contributed by atoms with E-state index in [1.54, 1.807) is 0 Å². The van der Waals surface area contributed by atoms with Crippen molar-refractivity contribution in [2.45, 2.75) is 31.6 Å². The molecular weight excluding hydrogens is 191 g/mol. The average molecular weight is 208 g/mol. The minimum absolute atomic E-state index is 0.185. The van der Waals surface area contributed by atoms with E-state index in [0.29, 0.717) is 11.8 Å². The van der Waals surface area contributed by atoms with Crippen molar-refractivity contribution in [3.8, 4) is 0 Å². The quantitative estimate of drug-likeness (QED) is 0.791. The summed E-state index contributed by atoms with van der Waals surface area (Å²) in [6, 6.07) is 6.73. The summed E-state index contributed by atoms with van der Waals surface area (Å²) in [5, 5.41) is 9.30. The third-order valence-corrected chi connectivity index (χ3v) is 3.44. The van der Waals surface area contributed by atoms with Crippen molar-refractivity contribution in [3.05, 3.63) is 35.6 Å². The molecule has 2 rings (SSSR count). The van der Waals surface area contributed by atoms with Crippen LogP contribution in [-0.2, 0) is 0 Å². The highest BCUT2D eigenvalue weighted by molar-refractivity contribution is 5.21. The van der Waals surface area contributed by atoms with Gasteiger partial charge in [0, 0.05) is 6.61 Å².